The van der Waals surface area contributed by atoms with E-state index in [1.165, 1.54) is 11.3 Å². The van der Waals surface area contributed by atoms with Crippen molar-refractivity contribution >= 4 is 34.0 Å². The van der Waals surface area contributed by atoms with Crippen molar-refractivity contribution in [3.05, 3.63) is 34.3 Å². The highest BCUT2D eigenvalue weighted by atomic mass is 32.1. The predicted octanol–water partition coefficient (Wildman–Crippen LogP) is 3.37. The average Bonchev–Trinajstić information content (AvgIpc) is 2.99. The van der Waals surface area contributed by atoms with Crippen LogP contribution < -0.4 is 15.4 Å². The molecule has 156 valence electrons. The first-order valence-electron chi connectivity index (χ1n) is 9.77. The van der Waals surface area contributed by atoms with Crippen molar-refractivity contribution in [2.45, 2.75) is 33.6 Å². The highest BCUT2D eigenvalue weighted by molar-refractivity contribution is 7.15. The lowest BCUT2D eigenvalue weighted by molar-refractivity contribution is -0.123. The standard InChI is InChI=1S/C21H28N4O3S/c1-13-7-8-18(28-4)17(10-13)23-20(27)16-6-5-9-25(11-16)12-19(26)24-21-22-14(2)15(3)29-21/h7-8,10,16H,5-6,9,11-12H2,1-4H3,(H,23,27)(H,22,24,26). The summed E-state index contributed by atoms with van der Waals surface area (Å²) in [4.78, 5) is 32.7. The smallest absolute Gasteiger partial charge is 0.240 e. The third-order valence-corrected chi connectivity index (χ3v) is 6.12. The van der Waals surface area contributed by atoms with E-state index in [9.17, 15) is 9.59 Å². The van der Waals surface area contributed by atoms with Crippen LogP contribution in [0.1, 0.15) is 29.0 Å². The second-order valence-corrected chi connectivity index (χ2v) is 8.68. The number of aromatic nitrogens is 1. The van der Waals surface area contributed by atoms with Gasteiger partial charge >= 0.3 is 0 Å². The van der Waals surface area contributed by atoms with Gasteiger partial charge in [0.2, 0.25) is 11.8 Å². The number of ether oxygens (including phenoxy) is 1. The number of thiazole rings is 1. The summed E-state index contributed by atoms with van der Waals surface area (Å²) in [7, 11) is 1.59. The van der Waals surface area contributed by atoms with Crippen molar-refractivity contribution in [3.8, 4) is 5.75 Å². The van der Waals surface area contributed by atoms with E-state index >= 15 is 0 Å². The van der Waals surface area contributed by atoms with E-state index in [1.807, 2.05) is 43.9 Å². The van der Waals surface area contributed by atoms with Crippen molar-refractivity contribution in [1.82, 2.24) is 9.88 Å². The molecule has 0 aliphatic carbocycles. The zero-order valence-electron chi connectivity index (χ0n) is 17.4. The van der Waals surface area contributed by atoms with Crippen LogP contribution in [-0.4, -0.2) is 48.4 Å². The van der Waals surface area contributed by atoms with Gasteiger partial charge in [0.1, 0.15) is 5.75 Å². The molecule has 7 nitrogen and oxygen atoms in total. The second kappa shape index (κ2) is 9.37. The number of hydrogen-bond acceptors (Lipinski definition) is 6. The van der Waals surface area contributed by atoms with Gasteiger partial charge in [0.25, 0.3) is 0 Å². The van der Waals surface area contributed by atoms with Crippen LogP contribution in [0.2, 0.25) is 0 Å². The summed E-state index contributed by atoms with van der Waals surface area (Å²) in [6.07, 6.45) is 1.69. The van der Waals surface area contributed by atoms with E-state index in [-0.39, 0.29) is 24.3 Å². The van der Waals surface area contributed by atoms with E-state index in [4.69, 9.17) is 4.74 Å². The van der Waals surface area contributed by atoms with Gasteiger partial charge in [0, 0.05) is 11.4 Å². The summed E-state index contributed by atoms with van der Waals surface area (Å²) in [6.45, 7) is 7.51. The second-order valence-electron chi connectivity index (χ2n) is 7.48. The average molecular weight is 417 g/mol. The molecule has 3 rings (SSSR count). The molecule has 0 bridgehead atoms. The SMILES string of the molecule is COc1ccc(C)cc1NC(=O)C1CCCN(CC(=O)Nc2nc(C)c(C)s2)C1. The number of aryl methyl sites for hydroxylation is 3. The first-order valence-corrected chi connectivity index (χ1v) is 10.6. The fourth-order valence-electron chi connectivity index (χ4n) is 3.46. The van der Waals surface area contributed by atoms with E-state index in [0.717, 1.165) is 35.5 Å². The summed E-state index contributed by atoms with van der Waals surface area (Å²) in [5.74, 6) is 0.349. The number of carbonyl (C=O) groups excluding carboxylic acids is 2. The Balaban J connectivity index is 1.56. The highest BCUT2D eigenvalue weighted by Crippen LogP contribution is 2.27. The Labute approximate surface area is 175 Å². The topological polar surface area (TPSA) is 83.6 Å². The normalized spacial score (nSPS) is 17.0. The number of hydrogen-bond donors (Lipinski definition) is 2. The summed E-state index contributed by atoms with van der Waals surface area (Å²) in [5.41, 5.74) is 2.67. The van der Waals surface area contributed by atoms with Crippen molar-refractivity contribution in [2.24, 2.45) is 5.92 Å². The van der Waals surface area contributed by atoms with E-state index in [0.29, 0.717) is 23.1 Å². The Morgan fingerprint density at radius 2 is 2.07 bits per heavy atom. The maximum Gasteiger partial charge on any atom is 0.240 e. The molecule has 0 saturated carbocycles. The number of nitrogens with one attached hydrogen (secondary N) is 2. The molecule has 1 aliphatic heterocycles. The van der Waals surface area contributed by atoms with Gasteiger partial charge in [-0.2, -0.15) is 0 Å². The van der Waals surface area contributed by atoms with Gasteiger partial charge in [0.05, 0.1) is 31.0 Å². The Morgan fingerprint density at radius 3 is 2.76 bits per heavy atom. The Bertz CT molecular complexity index is 877. The maximum atomic E-state index is 12.8. The molecule has 1 saturated heterocycles. The van der Waals surface area contributed by atoms with Crippen LogP contribution in [0.4, 0.5) is 10.8 Å². The monoisotopic (exact) mass is 416 g/mol. The molecule has 1 aromatic carbocycles. The summed E-state index contributed by atoms with van der Waals surface area (Å²) < 4.78 is 5.35. The molecule has 1 aromatic heterocycles. The summed E-state index contributed by atoms with van der Waals surface area (Å²) in [5, 5.41) is 6.49. The minimum absolute atomic E-state index is 0.0369. The van der Waals surface area contributed by atoms with Gasteiger partial charge in [-0.1, -0.05) is 6.07 Å². The molecular formula is C21H28N4O3S. The molecule has 2 amide bonds. The van der Waals surface area contributed by atoms with Crippen LogP contribution in [0.25, 0.3) is 0 Å². The summed E-state index contributed by atoms with van der Waals surface area (Å²) in [6, 6.07) is 5.70. The number of benzene rings is 1. The molecule has 1 atom stereocenters. The number of nitrogens with zero attached hydrogens (tertiary/aromatic N) is 2. The van der Waals surface area contributed by atoms with Crippen LogP contribution in [0.15, 0.2) is 18.2 Å². The van der Waals surface area contributed by atoms with Crippen LogP contribution in [-0.2, 0) is 9.59 Å². The van der Waals surface area contributed by atoms with Gasteiger partial charge in [-0.3, -0.25) is 14.5 Å². The number of carbonyl (C=O) groups is 2. The first kappa shape index (κ1) is 21.3. The largest absolute Gasteiger partial charge is 0.495 e. The molecule has 1 fully saturated rings. The van der Waals surface area contributed by atoms with Crippen LogP contribution >= 0.6 is 11.3 Å². The van der Waals surface area contributed by atoms with Gasteiger partial charge in [-0.05, 0) is 57.9 Å². The molecular weight excluding hydrogens is 388 g/mol. The molecule has 1 aliphatic rings. The quantitative estimate of drug-likeness (QED) is 0.754. The molecule has 29 heavy (non-hydrogen) atoms. The van der Waals surface area contributed by atoms with Gasteiger partial charge < -0.3 is 15.4 Å². The van der Waals surface area contributed by atoms with Crippen molar-refractivity contribution in [1.29, 1.82) is 0 Å². The van der Waals surface area contributed by atoms with Gasteiger partial charge in [-0.15, -0.1) is 11.3 Å². The van der Waals surface area contributed by atoms with Crippen LogP contribution in [0.3, 0.4) is 0 Å². The Kier molecular flexibility index (Phi) is 6.87. The number of piperidine rings is 1. The zero-order chi connectivity index (χ0) is 21.0. The molecule has 1 unspecified atom stereocenters. The number of anilines is 2. The van der Waals surface area contributed by atoms with Crippen molar-refractivity contribution in [3.63, 3.8) is 0 Å². The van der Waals surface area contributed by atoms with Gasteiger partial charge in [-0.25, -0.2) is 4.98 Å². The lowest BCUT2D eigenvalue weighted by Gasteiger charge is -2.31. The highest BCUT2D eigenvalue weighted by Gasteiger charge is 2.27. The molecule has 2 N–H and O–H groups in total. The molecule has 0 spiro atoms. The molecule has 2 aromatic rings. The van der Waals surface area contributed by atoms with Crippen molar-refractivity contribution < 1.29 is 14.3 Å². The van der Waals surface area contributed by atoms with E-state index in [1.54, 1.807) is 7.11 Å². The number of methoxy groups -OCH3 is 1. The molecule has 0 radical (unpaired) electrons. The third-order valence-electron chi connectivity index (χ3n) is 5.13. The minimum atomic E-state index is -0.161. The zero-order valence-corrected chi connectivity index (χ0v) is 18.2. The van der Waals surface area contributed by atoms with E-state index < -0.39 is 0 Å². The van der Waals surface area contributed by atoms with Crippen molar-refractivity contribution in [2.75, 3.05) is 37.4 Å². The fourth-order valence-corrected chi connectivity index (χ4v) is 4.29. The number of rotatable bonds is 6. The van der Waals surface area contributed by atoms with Gasteiger partial charge in [0.15, 0.2) is 5.13 Å². The molecule has 2 heterocycles. The minimum Gasteiger partial charge on any atom is -0.495 e. The lowest BCUT2D eigenvalue weighted by Crippen LogP contribution is -2.44. The molecule has 8 heteroatoms. The van der Waals surface area contributed by atoms with Crippen LogP contribution in [0.5, 0.6) is 5.75 Å². The summed E-state index contributed by atoms with van der Waals surface area (Å²) >= 11 is 1.48. The Hall–Kier alpha value is -2.45. The lowest BCUT2D eigenvalue weighted by atomic mass is 9.97. The first-order chi connectivity index (χ1) is 13.9. The number of amides is 2. The fraction of sp³-hybridized carbons (Fsp3) is 0.476. The third kappa shape index (κ3) is 5.55. The maximum absolute atomic E-state index is 12.8. The predicted molar refractivity (Wildman–Crippen MR) is 116 cm³/mol. The van der Waals surface area contributed by atoms with E-state index in [2.05, 4.69) is 15.6 Å². The van der Waals surface area contributed by atoms with Crippen LogP contribution in [0, 0.1) is 26.7 Å². The Morgan fingerprint density at radius 1 is 1.28 bits per heavy atom. The number of likely N-dealkylation sites (tertiary alicyclic amines) is 1.